The van der Waals surface area contributed by atoms with Gasteiger partial charge in [0.2, 0.25) is 0 Å². The molecule has 0 saturated carbocycles. The van der Waals surface area contributed by atoms with Crippen molar-refractivity contribution in [3.63, 3.8) is 0 Å². The minimum atomic E-state index is -0.982. The lowest BCUT2D eigenvalue weighted by Gasteiger charge is -2.13. The van der Waals surface area contributed by atoms with Gasteiger partial charge in [0.1, 0.15) is 0 Å². The van der Waals surface area contributed by atoms with Gasteiger partial charge in [-0.25, -0.2) is 9.69 Å². The summed E-state index contributed by atoms with van der Waals surface area (Å²) < 4.78 is 0. The second-order valence-electron chi connectivity index (χ2n) is 5.58. The molecular weight excluding hydrogens is 296 g/mol. The van der Waals surface area contributed by atoms with E-state index in [0.29, 0.717) is 16.4 Å². The van der Waals surface area contributed by atoms with E-state index < -0.39 is 30.2 Å². The molecule has 1 aliphatic rings. The monoisotopic (exact) mass is 314 g/mol. The first-order chi connectivity index (χ1) is 10.9. The SMILES string of the molecule is C=CCN1C(=O)C(=O)N(CC(=O)c2ccc(C(C)C)cc2)C1=O. The van der Waals surface area contributed by atoms with Gasteiger partial charge in [0.25, 0.3) is 0 Å². The molecule has 0 aromatic heterocycles. The van der Waals surface area contributed by atoms with Gasteiger partial charge in [-0.2, -0.15) is 0 Å². The first-order valence-corrected chi connectivity index (χ1v) is 7.28. The van der Waals surface area contributed by atoms with Crippen molar-refractivity contribution < 1.29 is 19.2 Å². The fourth-order valence-electron chi connectivity index (χ4n) is 2.27. The van der Waals surface area contributed by atoms with E-state index in [1.807, 2.05) is 26.0 Å². The Morgan fingerprint density at radius 2 is 1.65 bits per heavy atom. The Bertz CT molecular complexity index is 676. The van der Waals surface area contributed by atoms with E-state index >= 15 is 0 Å². The van der Waals surface area contributed by atoms with Gasteiger partial charge < -0.3 is 0 Å². The van der Waals surface area contributed by atoms with Gasteiger partial charge in [0.15, 0.2) is 5.78 Å². The lowest BCUT2D eigenvalue weighted by Crippen LogP contribution is -2.37. The number of rotatable bonds is 6. The standard InChI is InChI=1S/C17H18N2O4/c1-4-9-18-15(21)16(22)19(17(18)23)10-14(20)13-7-5-12(6-8-13)11(2)3/h4-8,11H,1,9-10H2,2-3H3. The molecule has 1 aromatic carbocycles. The zero-order valence-corrected chi connectivity index (χ0v) is 13.1. The molecule has 6 heteroatoms. The Morgan fingerprint density at radius 3 is 2.17 bits per heavy atom. The van der Waals surface area contributed by atoms with E-state index in [1.54, 1.807) is 12.1 Å². The summed E-state index contributed by atoms with van der Waals surface area (Å²) in [6, 6.07) is 6.20. The molecule has 1 fully saturated rings. The maximum atomic E-state index is 12.2. The maximum absolute atomic E-state index is 12.2. The summed E-state index contributed by atoms with van der Waals surface area (Å²) in [7, 11) is 0. The number of Topliss-reactive ketones (excluding diaryl/α,β-unsaturated/α-hetero) is 1. The quantitative estimate of drug-likeness (QED) is 0.348. The molecule has 120 valence electrons. The van der Waals surface area contributed by atoms with Gasteiger partial charge in [-0.3, -0.25) is 19.3 Å². The van der Waals surface area contributed by atoms with Crippen LogP contribution < -0.4 is 0 Å². The van der Waals surface area contributed by atoms with Gasteiger partial charge in [0, 0.05) is 12.1 Å². The number of hydrogen-bond acceptors (Lipinski definition) is 4. The molecule has 1 aromatic rings. The predicted octanol–water partition coefficient (Wildman–Crippen LogP) is 1.97. The molecule has 1 saturated heterocycles. The van der Waals surface area contributed by atoms with Crippen LogP contribution in [0.1, 0.15) is 35.7 Å². The summed E-state index contributed by atoms with van der Waals surface area (Å²) in [4.78, 5) is 49.3. The lowest BCUT2D eigenvalue weighted by molar-refractivity contribution is -0.142. The van der Waals surface area contributed by atoms with Gasteiger partial charge in [0.05, 0.1) is 6.54 Å². The smallest absolute Gasteiger partial charge is 0.292 e. The van der Waals surface area contributed by atoms with Gasteiger partial charge in [-0.1, -0.05) is 44.2 Å². The third-order valence-corrected chi connectivity index (χ3v) is 3.65. The molecule has 1 aliphatic heterocycles. The van der Waals surface area contributed by atoms with E-state index in [1.165, 1.54) is 6.08 Å². The second-order valence-corrected chi connectivity index (χ2v) is 5.58. The van der Waals surface area contributed by atoms with Crippen molar-refractivity contribution >= 4 is 23.6 Å². The number of amides is 4. The fraction of sp³-hybridized carbons (Fsp3) is 0.294. The van der Waals surface area contributed by atoms with Crippen molar-refractivity contribution in [1.82, 2.24) is 9.80 Å². The third kappa shape index (κ3) is 3.21. The summed E-state index contributed by atoms with van der Waals surface area (Å²) in [6.07, 6.45) is 1.35. The van der Waals surface area contributed by atoms with Crippen molar-refractivity contribution in [1.29, 1.82) is 0 Å². The Kier molecular flexibility index (Phi) is 4.74. The van der Waals surface area contributed by atoms with Crippen LogP contribution in [0, 0.1) is 0 Å². The van der Waals surface area contributed by atoms with Crippen molar-refractivity contribution in [2.45, 2.75) is 19.8 Å². The van der Waals surface area contributed by atoms with E-state index in [2.05, 4.69) is 6.58 Å². The molecular formula is C17H18N2O4. The maximum Gasteiger partial charge on any atom is 0.334 e. The highest BCUT2D eigenvalue weighted by Crippen LogP contribution is 2.17. The summed E-state index contributed by atoms with van der Waals surface area (Å²) >= 11 is 0. The van der Waals surface area contributed by atoms with Crippen LogP contribution in [0.5, 0.6) is 0 Å². The number of nitrogens with zero attached hydrogens (tertiary/aromatic N) is 2. The first kappa shape index (κ1) is 16.6. The van der Waals surface area contributed by atoms with E-state index in [-0.39, 0.29) is 6.54 Å². The molecule has 23 heavy (non-hydrogen) atoms. The zero-order chi connectivity index (χ0) is 17.1. The highest BCUT2D eigenvalue weighted by atomic mass is 16.2. The summed E-state index contributed by atoms with van der Waals surface area (Å²) in [6.45, 7) is 7.01. The normalized spacial score (nSPS) is 14.8. The number of ketones is 1. The van der Waals surface area contributed by atoms with Crippen molar-refractivity contribution in [2.75, 3.05) is 13.1 Å². The Morgan fingerprint density at radius 1 is 1.09 bits per heavy atom. The highest BCUT2D eigenvalue weighted by molar-refractivity contribution is 6.45. The zero-order valence-electron chi connectivity index (χ0n) is 13.1. The largest absolute Gasteiger partial charge is 0.334 e. The van der Waals surface area contributed by atoms with Crippen LogP contribution in [-0.4, -0.2) is 46.5 Å². The summed E-state index contributed by atoms with van der Waals surface area (Å²) in [5.41, 5.74) is 1.48. The predicted molar refractivity (Wildman–Crippen MR) is 83.9 cm³/mol. The van der Waals surface area contributed by atoms with Gasteiger partial charge in [-0.15, -0.1) is 6.58 Å². The van der Waals surface area contributed by atoms with Gasteiger partial charge in [-0.05, 0) is 11.5 Å². The molecule has 0 aliphatic carbocycles. The average Bonchev–Trinajstić information content (AvgIpc) is 2.73. The molecule has 0 bridgehead atoms. The molecule has 0 N–H and O–H groups in total. The number of imide groups is 2. The molecule has 0 unspecified atom stereocenters. The van der Waals surface area contributed by atoms with Crippen LogP contribution >= 0.6 is 0 Å². The lowest BCUT2D eigenvalue weighted by atomic mass is 10.0. The Balaban J connectivity index is 2.13. The Hall–Kier alpha value is -2.76. The van der Waals surface area contributed by atoms with Crippen LogP contribution in [-0.2, 0) is 9.59 Å². The van der Waals surface area contributed by atoms with Gasteiger partial charge >= 0.3 is 17.8 Å². The molecule has 0 atom stereocenters. The van der Waals surface area contributed by atoms with Crippen LogP contribution in [0.2, 0.25) is 0 Å². The minimum Gasteiger partial charge on any atom is -0.292 e. The number of urea groups is 1. The summed E-state index contributed by atoms with van der Waals surface area (Å²) in [5, 5.41) is 0. The van der Waals surface area contributed by atoms with Crippen LogP contribution in [0.25, 0.3) is 0 Å². The molecule has 4 amide bonds. The topological polar surface area (TPSA) is 74.8 Å². The van der Waals surface area contributed by atoms with E-state index in [9.17, 15) is 19.2 Å². The highest BCUT2D eigenvalue weighted by Gasteiger charge is 2.44. The fourth-order valence-corrected chi connectivity index (χ4v) is 2.27. The van der Waals surface area contributed by atoms with Crippen molar-refractivity contribution in [3.8, 4) is 0 Å². The number of hydrogen-bond donors (Lipinski definition) is 0. The van der Waals surface area contributed by atoms with Crippen LogP contribution in [0.3, 0.4) is 0 Å². The molecule has 0 spiro atoms. The van der Waals surface area contributed by atoms with Crippen molar-refractivity contribution in [2.24, 2.45) is 0 Å². The van der Waals surface area contributed by atoms with Crippen molar-refractivity contribution in [3.05, 3.63) is 48.0 Å². The number of carbonyl (C=O) groups excluding carboxylic acids is 4. The minimum absolute atomic E-state index is 0.0584. The van der Waals surface area contributed by atoms with E-state index in [4.69, 9.17) is 0 Å². The molecule has 0 radical (unpaired) electrons. The van der Waals surface area contributed by atoms with Crippen LogP contribution in [0.4, 0.5) is 4.79 Å². The Labute approximate surface area is 134 Å². The first-order valence-electron chi connectivity index (χ1n) is 7.28. The molecule has 1 heterocycles. The van der Waals surface area contributed by atoms with Crippen LogP contribution in [0.15, 0.2) is 36.9 Å². The number of carbonyl (C=O) groups is 4. The van der Waals surface area contributed by atoms with E-state index in [0.717, 1.165) is 10.5 Å². The summed E-state index contributed by atoms with van der Waals surface area (Å²) in [5.74, 6) is -1.97. The second kappa shape index (κ2) is 6.56. The molecule has 2 rings (SSSR count). The average molecular weight is 314 g/mol. The molecule has 6 nitrogen and oxygen atoms in total. The number of benzene rings is 1. The third-order valence-electron chi connectivity index (χ3n) is 3.65.